The van der Waals surface area contributed by atoms with Gasteiger partial charge in [0.05, 0.1) is 12.6 Å². The van der Waals surface area contributed by atoms with E-state index in [9.17, 15) is 22.8 Å². The summed E-state index contributed by atoms with van der Waals surface area (Å²) in [7, 11) is 0. The third-order valence-corrected chi connectivity index (χ3v) is 3.87. The van der Waals surface area contributed by atoms with Crippen LogP contribution in [-0.2, 0) is 9.59 Å². The van der Waals surface area contributed by atoms with Gasteiger partial charge in [0, 0.05) is 13.1 Å². The van der Waals surface area contributed by atoms with Gasteiger partial charge in [-0.25, -0.2) is 0 Å². The van der Waals surface area contributed by atoms with E-state index in [1.54, 1.807) is 0 Å². The first-order chi connectivity index (χ1) is 10.7. The number of nitrogens with two attached hydrogens (primary N) is 2. The molecule has 2 atom stereocenters. The predicted molar refractivity (Wildman–Crippen MR) is 79.3 cm³/mol. The van der Waals surface area contributed by atoms with Crippen molar-refractivity contribution in [1.29, 1.82) is 0 Å². The highest BCUT2D eigenvalue weighted by molar-refractivity contribution is 5.89. The third-order valence-electron chi connectivity index (χ3n) is 3.87. The largest absolute Gasteiger partial charge is 0.401 e. The summed E-state index contributed by atoms with van der Waals surface area (Å²) in [5.74, 6) is -1.13. The van der Waals surface area contributed by atoms with Gasteiger partial charge in [0.25, 0.3) is 0 Å². The Morgan fingerprint density at radius 1 is 1.39 bits per heavy atom. The lowest BCUT2D eigenvalue weighted by atomic mass is 10.2. The zero-order chi connectivity index (χ0) is 17.6. The van der Waals surface area contributed by atoms with Gasteiger partial charge in [-0.2, -0.15) is 13.2 Å². The summed E-state index contributed by atoms with van der Waals surface area (Å²) >= 11 is 0. The normalized spacial score (nSPS) is 20.1. The summed E-state index contributed by atoms with van der Waals surface area (Å²) in [4.78, 5) is 26.1. The van der Waals surface area contributed by atoms with Crippen LogP contribution < -0.4 is 11.5 Å². The fourth-order valence-corrected chi connectivity index (χ4v) is 2.77. The summed E-state index contributed by atoms with van der Waals surface area (Å²) in [6.45, 7) is 1.15. The number of halogens is 3. The summed E-state index contributed by atoms with van der Waals surface area (Å²) in [6.07, 6.45) is -1.91. The number of primary amides is 1. The number of nitrogens with zero attached hydrogens (tertiary/aromatic N) is 2. The molecule has 1 heterocycles. The maximum Gasteiger partial charge on any atom is 0.401 e. The Bertz CT molecular complexity index is 417. The Labute approximate surface area is 133 Å². The Morgan fingerprint density at radius 2 is 2.04 bits per heavy atom. The Balaban J connectivity index is 2.67. The second-order valence-corrected chi connectivity index (χ2v) is 5.90. The number of likely N-dealkylation sites (tertiary alicyclic amines) is 1. The molecule has 0 spiro atoms. The van der Waals surface area contributed by atoms with E-state index in [2.05, 4.69) is 0 Å². The quantitative estimate of drug-likeness (QED) is 0.672. The van der Waals surface area contributed by atoms with Gasteiger partial charge >= 0.3 is 6.18 Å². The standard InChI is InChI=1S/C14H25F3N4O2/c1-2-3-6-20(9-14(15,16)17)8-10(18)13(23)21-7-4-5-11(21)12(19)22/h10-11H,2-9,18H2,1H3,(H2,19,22)/t10-,11-/m0/s1. The first kappa shape index (κ1) is 19.7. The van der Waals surface area contributed by atoms with Crippen LogP contribution >= 0.6 is 0 Å². The molecule has 1 aliphatic rings. The first-order valence-electron chi connectivity index (χ1n) is 7.80. The minimum Gasteiger partial charge on any atom is -0.368 e. The molecule has 23 heavy (non-hydrogen) atoms. The van der Waals surface area contributed by atoms with Gasteiger partial charge in [-0.15, -0.1) is 0 Å². The molecule has 0 saturated carbocycles. The number of hydrogen-bond donors (Lipinski definition) is 2. The van der Waals surface area contributed by atoms with Crippen LogP contribution in [-0.4, -0.2) is 66.1 Å². The zero-order valence-electron chi connectivity index (χ0n) is 13.3. The van der Waals surface area contributed by atoms with Gasteiger partial charge in [0.1, 0.15) is 6.04 Å². The van der Waals surface area contributed by atoms with E-state index in [1.165, 1.54) is 4.90 Å². The van der Waals surface area contributed by atoms with Gasteiger partial charge in [-0.05, 0) is 25.8 Å². The molecule has 0 unspecified atom stereocenters. The minimum absolute atomic E-state index is 0.194. The van der Waals surface area contributed by atoms with Gasteiger partial charge < -0.3 is 16.4 Å². The van der Waals surface area contributed by atoms with E-state index in [0.717, 1.165) is 11.3 Å². The van der Waals surface area contributed by atoms with E-state index < -0.39 is 36.6 Å². The SMILES string of the molecule is CCCCN(C[C@H](N)C(=O)N1CCC[C@H]1C(N)=O)CC(F)(F)F. The number of alkyl halides is 3. The molecule has 0 aromatic carbocycles. The van der Waals surface area contributed by atoms with E-state index in [4.69, 9.17) is 11.5 Å². The van der Waals surface area contributed by atoms with E-state index in [1.807, 2.05) is 6.92 Å². The molecule has 4 N–H and O–H groups in total. The number of carbonyl (C=O) groups is 2. The predicted octanol–water partition coefficient (Wildman–Crippen LogP) is 0.454. The molecule has 6 nitrogen and oxygen atoms in total. The van der Waals surface area contributed by atoms with Crippen LogP contribution in [0.4, 0.5) is 13.2 Å². The lowest BCUT2D eigenvalue weighted by molar-refractivity contribution is -0.149. The molecule has 1 rings (SSSR count). The van der Waals surface area contributed by atoms with Crippen LogP contribution in [0.2, 0.25) is 0 Å². The lowest BCUT2D eigenvalue weighted by Crippen LogP contribution is -2.54. The third kappa shape index (κ3) is 6.34. The molecule has 0 aromatic rings. The topological polar surface area (TPSA) is 92.7 Å². The molecular formula is C14H25F3N4O2. The lowest BCUT2D eigenvalue weighted by Gasteiger charge is -2.29. The zero-order valence-corrected chi connectivity index (χ0v) is 13.3. The highest BCUT2D eigenvalue weighted by Gasteiger charge is 2.37. The van der Waals surface area contributed by atoms with E-state index in [0.29, 0.717) is 25.8 Å². The van der Waals surface area contributed by atoms with Crippen molar-refractivity contribution in [2.45, 2.75) is 50.9 Å². The number of carbonyl (C=O) groups excluding carboxylic acids is 2. The van der Waals surface area contributed by atoms with Gasteiger partial charge in [-0.1, -0.05) is 13.3 Å². The van der Waals surface area contributed by atoms with E-state index in [-0.39, 0.29) is 13.1 Å². The van der Waals surface area contributed by atoms with Crippen molar-refractivity contribution < 1.29 is 22.8 Å². The Hall–Kier alpha value is -1.35. The summed E-state index contributed by atoms with van der Waals surface area (Å²) in [6, 6.07) is -1.81. The van der Waals surface area contributed by atoms with Crippen molar-refractivity contribution >= 4 is 11.8 Å². The Morgan fingerprint density at radius 3 is 2.57 bits per heavy atom. The summed E-state index contributed by atoms with van der Waals surface area (Å²) < 4.78 is 37.8. The van der Waals surface area contributed by atoms with Gasteiger partial charge in [0.15, 0.2) is 0 Å². The van der Waals surface area contributed by atoms with Crippen LogP contribution in [0.3, 0.4) is 0 Å². The number of unbranched alkanes of at least 4 members (excludes halogenated alkanes) is 1. The molecule has 2 amide bonds. The summed E-state index contributed by atoms with van der Waals surface area (Å²) in [5.41, 5.74) is 11.0. The monoisotopic (exact) mass is 338 g/mol. The maximum atomic E-state index is 12.6. The van der Waals surface area contributed by atoms with Crippen LogP contribution in [0.1, 0.15) is 32.6 Å². The van der Waals surface area contributed by atoms with E-state index >= 15 is 0 Å². The molecule has 1 fully saturated rings. The van der Waals surface area contributed by atoms with Gasteiger partial charge in [0.2, 0.25) is 11.8 Å². The molecular weight excluding hydrogens is 313 g/mol. The highest BCUT2D eigenvalue weighted by atomic mass is 19.4. The molecule has 1 saturated heterocycles. The van der Waals surface area contributed by atoms with Crippen molar-refractivity contribution in [2.24, 2.45) is 11.5 Å². The van der Waals surface area contributed by atoms with Crippen LogP contribution in [0, 0.1) is 0 Å². The minimum atomic E-state index is -4.35. The maximum absolute atomic E-state index is 12.6. The average molecular weight is 338 g/mol. The fraction of sp³-hybridized carbons (Fsp3) is 0.857. The first-order valence-corrected chi connectivity index (χ1v) is 7.80. The second kappa shape index (κ2) is 8.49. The highest BCUT2D eigenvalue weighted by Crippen LogP contribution is 2.19. The average Bonchev–Trinajstić information content (AvgIpc) is 2.91. The number of hydrogen-bond acceptors (Lipinski definition) is 4. The smallest absolute Gasteiger partial charge is 0.368 e. The van der Waals surface area contributed by atoms with Crippen molar-refractivity contribution in [3.63, 3.8) is 0 Å². The molecule has 0 bridgehead atoms. The van der Waals surface area contributed by atoms with Crippen molar-refractivity contribution in [1.82, 2.24) is 9.80 Å². The molecule has 9 heteroatoms. The molecule has 1 aliphatic heterocycles. The molecule has 0 radical (unpaired) electrons. The summed E-state index contributed by atoms with van der Waals surface area (Å²) in [5, 5.41) is 0. The van der Waals surface area contributed by atoms with Crippen molar-refractivity contribution in [2.75, 3.05) is 26.2 Å². The molecule has 134 valence electrons. The van der Waals surface area contributed by atoms with Crippen LogP contribution in [0.5, 0.6) is 0 Å². The fourth-order valence-electron chi connectivity index (χ4n) is 2.77. The second-order valence-electron chi connectivity index (χ2n) is 5.90. The van der Waals surface area contributed by atoms with Crippen molar-refractivity contribution in [3.05, 3.63) is 0 Å². The van der Waals surface area contributed by atoms with Crippen LogP contribution in [0.15, 0.2) is 0 Å². The molecule has 0 aliphatic carbocycles. The number of rotatable bonds is 8. The molecule has 0 aromatic heterocycles. The van der Waals surface area contributed by atoms with Gasteiger partial charge in [-0.3, -0.25) is 14.5 Å². The Kier molecular flexibility index (Phi) is 7.27. The van der Waals surface area contributed by atoms with Crippen molar-refractivity contribution in [3.8, 4) is 0 Å². The van der Waals surface area contributed by atoms with Crippen LogP contribution in [0.25, 0.3) is 0 Å². The number of amides is 2.